The molecule has 0 saturated carbocycles. The van der Waals surface area contributed by atoms with Crippen LogP contribution in [0.4, 0.5) is 4.39 Å². The Kier molecular flexibility index (Phi) is 4.19. The lowest BCUT2D eigenvalue weighted by molar-refractivity contribution is 0.0623. The second kappa shape index (κ2) is 6.64. The standard InChI is InChI=1S/C19H19FN4O/c20-16-3-4-17-15(10-16)11-18(22-17)19(25)24-8-6-23(7-9-24)13-14-2-1-5-21-12-14/h1-5,10-12,22H,6-9,13H2. The summed E-state index contributed by atoms with van der Waals surface area (Å²) in [6.07, 6.45) is 3.65. The third kappa shape index (κ3) is 3.39. The molecule has 25 heavy (non-hydrogen) atoms. The number of rotatable bonds is 3. The number of amides is 1. The summed E-state index contributed by atoms with van der Waals surface area (Å²) in [5.41, 5.74) is 2.47. The Labute approximate surface area is 145 Å². The predicted molar refractivity (Wildman–Crippen MR) is 93.7 cm³/mol. The van der Waals surface area contributed by atoms with Crippen molar-refractivity contribution in [3.63, 3.8) is 0 Å². The smallest absolute Gasteiger partial charge is 0.270 e. The molecule has 0 radical (unpaired) electrons. The monoisotopic (exact) mass is 338 g/mol. The third-order valence-corrected chi connectivity index (χ3v) is 4.60. The molecule has 3 aromatic rings. The summed E-state index contributed by atoms with van der Waals surface area (Å²) in [6.45, 7) is 3.87. The van der Waals surface area contributed by atoms with Gasteiger partial charge in [0, 0.05) is 56.0 Å². The highest BCUT2D eigenvalue weighted by atomic mass is 19.1. The largest absolute Gasteiger partial charge is 0.351 e. The van der Waals surface area contributed by atoms with Crippen LogP contribution in [0.5, 0.6) is 0 Å². The molecular formula is C19H19FN4O. The average molecular weight is 338 g/mol. The van der Waals surface area contributed by atoms with Crippen molar-refractivity contribution in [2.75, 3.05) is 26.2 Å². The molecule has 1 aliphatic rings. The summed E-state index contributed by atoms with van der Waals surface area (Å²) in [4.78, 5) is 24.1. The van der Waals surface area contributed by atoms with Gasteiger partial charge in [-0.2, -0.15) is 0 Å². The SMILES string of the molecule is O=C(c1cc2cc(F)ccc2[nH]1)N1CCN(Cc2cccnc2)CC1. The van der Waals surface area contributed by atoms with E-state index in [1.807, 2.05) is 17.2 Å². The van der Waals surface area contributed by atoms with Gasteiger partial charge in [-0.3, -0.25) is 14.7 Å². The number of halogens is 1. The summed E-state index contributed by atoms with van der Waals surface area (Å²) in [5.74, 6) is -0.327. The van der Waals surface area contributed by atoms with Gasteiger partial charge >= 0.3 is 0 Å². The van der Waals surface area contributed by atoms with E-state index in [9.17, 15) is 9.18 Å². The number of piperazine rings is 1. The Balaban J connectivity index is 1.40. The van der Waals surface area contributed by atoms with Gasteiger partial charge in [-0.15, -0.1) is 0 Å². The van der Waals surface area contributed by atoms with Crippen LogP contribution in [0.3, 0.4) is 0 Å². The highest BCUT2D eigenvalue weighted by Gasteiger charge is 2.23. The number of aromatic nitrogens is 2. The van der Waals surface area contributed by atoms with Crippen molar-refractivity contribution in [2.45, 2.75) is 6.54 Å². The first kappa shape index (κ1) is 15.8. The summed E-state index contributed by atoms with van der Waals surface area (Å²) in [7, 11) is 0. The molecule has 5 nitrogen and oxygen atoms in total. The average Bonchev–Trinajstić information content (AvgIpc) is 3.06. The number of pyridine rings is 1. The van der Waals surface area contributed by atoms with Gasteiger partial charge in [-0.05, 0) is 35.9 Å². The number of carbonyl (C=O) groups is 1. The summed E-state index contributed by atoms with van der Waals surface area (Å²) >= 11 is 0. The fourth-order valence-corrected chi connectivity index (χ4v) is 3.25. The molecule has 2 aromatic heterocycles. The van der Waals surface area contributed by atoms with E-state index < -0.39 is 0 Å². The first-order valence-electron chi connectivity index (χ1n) is 8.38. The summed E-state index contributed by atoms with van der Waals surface area (Å²) < 4.78 is 13.3. The van der Waals surface area contributed by atoms with Crippen molar-refractivity contribution in [2.24, 2.45) is 0 Å². The predicted octanol–water partition coefficient (Wildman–Crippen LogP) is 2.66. The van der Waals surface area contributed by atoms with E-state index in [0.717, 1.165) is 30.5 Å². The Morgan fingerprint density at radius 2 is 2.00 bits per heavy atom. The zero-order valence-electron chi connectivity index (χ0n) is 13.8. The van der Waals surface area contributed by atoms with Crippen LogP contribution in [0, 0.1) is 5.82 Å². The zero-order chi connectivity index (χ0) is 17.2. The number of carbonyl (C=O) groups excluding carboxylic acids is 1. The van der Waals surface area contributed by atoms with Crippen LogP contribution >= 0.6 is 0 Å². The Morgan fingerprint density at radius 1 is 1.16 bits per heavy atom. The lowest BCUT2D eigenvalue weighted by Gasteiger charge is -2.34. The summed E-state index contributed by atoms with van der Waals surface area (Å²) in [5, 5.41) is 0.721. The first-order chi connectivity index (χ1) is 12.2. The minimum absolute atomic E-state index is 0.0300. The number of aromatic amines is 1. The molecule has 0 spiro atoms. The van der Waals surface area contributed by atoms with E-state index in [1.165, 1.54) is 17.7 Å². The van der Waals surface area contributed by atoms with Gasteiger partial charge in [0.15, 0.2) is 0 Å². The highest BCUT2D eigenvalue weighted by Crippen LogP contribution is 2.18. The molecular weight excluding hydrogens is 319 g/mol. The maximum absolute atomic E-state index is 13.3. The van der Waals surface area contributed by atoms with Crippen molar-refractivity contribution in [3.05, 3.63) is 65.9 Å². The van der Waals surface area contributed by atoms with Gasteiger partial charge in [-0.1, -0.05) is 6.07 Å². The van der Waals surface area contributed by atoms with Crippen LogP contribution in [0.2, 0.25) is 0 Å². The molecule has 1 fully saturated rings. The van der Waals surface area contributed by atoms with Crippen LogP contribution in [0.1, 0.15) is 16.1 Å². The Bertz CT molecular complexity index is 885. The van der Waals surface area contributed by atoms with Crippen molar-refractivity contribution in [1.29, 1.82) is 0 Å². The molecule has 1 amide bonds. The van der Waals surface area contributed by atoms with Crippen molar-refractivity contribution in [1.82, 2.24) is 19.8 Å². The zero-order valence-corrected chi connectivity index (χ0v) is 13.8. The lowest BCUT2D eigenvalue weighted by Crippen LogP contribution is -2.48. The number of benzene rings is 1. The molecule has 1 saturated heterocycles. The quantitative estimate of drug-likeness (QED) is 0.799. The molecule has 128 valence electrons. The molecule has 0 unspecified atom stereocenters. The van der Waals surface area contributed by atoms with Crippen LogP contribution in [0.25, 0.3) is 10.9 Å². The maximum atomic E-state index is 13.3. The number of nitrogens with one attached hydrogen (secondary N) is 1. The minimum atomic E-state index is -0.297. The second-order valence-corrected chi connectivity index (χ2v) is 6.34. The Morgan fingerprint density at radius 3 is 2.76 bits per heavy atom. The molecule has 0 aliphatic carbocycles. The fraction of sp³-hybridized carbons (Fsp3) is 0.263. The normalized spacial score (nSPS) is 15.6. The number of H-pyrrole nitrogens is 1. The number of hydrogen-bond acceptors (Lipinski definition) is 3. The molecule has 0 atom stereocenters. The molecule has 6 heteroatoms. The van der Waals surface area contributed by atoms with Crippen molar-refractivity contribution >= 4 is 16.8 Å². The van der Waals surface area contributed by atoms with Crippen LogP contribution < -0.4 is 0 Å². The molecule has 1 N–H and O–H groups in total. The third-order valence-electron chi connectivity index (χ3n) is 4.60. The van der Waals surface area contributed by atoms with Gasteiger partial charge in [0.25, 0.3) is 5.91 Å². The topological polar surface area (TPSA) is 52.2 Å². The van der Waals surface area contributed by atoms with Gasteiger partial charge < -0.3 is 9.88 Å². The van der Waals surface area contributed by atoms with Crippen LogP contribution in [-0.4, -0.2) is 51.9 Å². The van der Waals surface area contributed by atoms with Gasteiger partial charge in [0.05, 0.1) is 0 Å². The van der Waals surface area contributed by atoms with Crippen LogP contribution in [0.15, 0.2) is 48.8 Å². The number of fused-ring (bicyclic) bond motifs is 1. The molecule has 1 aliphatic heterocycles. The van der Waals surface area contributed by atoms with Crippen molar-refractivity contribution < 1.29 is 9.18 Å². The van der Waals surface area contributed by atoms with Gasteiger partial charge in [0.1, 0.15) is 11.5 Å². The molecule has 4 rings (SSSR count). The van der Waals surface area contributed by atoms with E-state index in [2.05, 4.69) is 20.9 Å². The lowest BCUT2D eigenvalue weighted by atomic mass is 10.2. The highest BCUT2D eigenvalue weighted by molar-refractivity contribution is 5.98. The maximum Gasteiger partial charge on any atom is 0.270 e. The first-order valence-corrected chi connectivity index (χ1v) is 8.38. The second-order valence-electron chi connectivity index (χ2n) is 6.34. The van der Waals surface area contributed by atoms with Gasteiger partial charge in [0.2, 0.25) is 0 Å². The van der Waals surface area contributed by atoms with Crippen molar-refractivity contribution in [3.8, 4) is 0 Å². The van der Waals surface area contributed by atoms with E-state index in [-0.39, 0.29) is 11.7 Å². The van der Waals surface area contributed by atoms with E-state index in [4.69, 9.17) is 0 Å². The van der Waals surface area contributed by atoms with Crippen LogP contribution in [-0.2, 0) is 6.54 Å². The van der Waals surface area contributed by atoms with Gasteiger partial charge in [-0.25, -0.2) is 4.39 Å². The minimum Gasteiger partial charge on any atom is -0.351 e. The van der Waals surface area contributed by atoms with E-state index in [1.54, 1.807) is 18.3 Å². The Hall–Kier alpha value is -2.73. The number of hydrogen-bond donors (Lipinski definition) is 1. The number of nitrogens with zero attached hydrogens (tertiary/aromatic N) is 3. The van der Waals surface area contributed by atoms with E-state index >= 15 is 0 Å². The molecule has 1 aromatic carbocycles. The molecule has 0 bridgehead atoms. The fourth-order valence-electron chi connectivity index (χ4n) is 3.25. The van der Waals surface area contributed by atoms with E-state index in [0.29, 0.717) is 18.8 Å². The molecule has 3 heterocycles. The summed E-state index contributed by atoms with van der Waals surface area (Å²) in [6, 6.07) is 10.2.